The highest BCUT2D eigenvalue weighted by molar-refractivity contribution is 7.89. The highest BCUT2D eigenvalue weighted by Gasteiger charge is 2.34. The third-order valence-corrected chi connectivity index (χ3v) is 5.32. The van der Waals surface area contributed by atoms with Crippen LogP contribution in [0.2, 0.25) is 0 Å². The molecular formula is C14H22N2O4S. The van der Waals surface area contributed by atoms with Crippen LogP contribution >= 0.6 is 0 Å². The Kier molecular flexibility index (Phi) is 4.88. The molecule has 1 aromatic carbocycles. The molecule has 2 N–H and O–H groups in total. The molecule has 1 aliphatic rings. The topological polar surface area (TPSA) is 81.9 Å². The maximum atomic E-state index is 12.9. The van der Waals surface area contributed by atoms with Crippen LogP contribution in [-0.2, 0) is 21.3 Å². The Morgan fingerprint density at radius 1 is 1.33 bits per heavy atom. The Bertz CT molecular complexity index is 593. The zero-order chi connectivity index (χ0) is 15.6. The van der Waals surface area contributed by atoms with Crippen molar-refractivity contribution in [3.05, 3.63) is 23.8 Å². The number of nitrogens with zero attached hydrogens (tertiary/aromatic N) is 1. The SMILES string of the molecule is COc1ccc(CN)cc1S(=O)(=O)N1C[C@@H](C)O[C@@H](C)C1. The number of morpholine rings is 1. The number of rotatable bonds is 4. The van der Waals surface area contributed by atoms with Gasteiger partial charge in [-0.15, -0.1) is 0 Å². The molecular weight excluding hydrogens is 292 g/mol. The summed E-state index contributed by atoms with van der Waals surface area (Å²) in [6.45, 7) is 4.69. The van der Waals surface area contributed by atoms with E-state index in [0.717, 1.165) is 5.56 Å². The van der Waals surface area contributed by atoms with Crippen molar-refractivity contribution in [3.8, 4) is 5.75 Å². The van der Waals surface area contributed by atoms with Crippen molar-refractivity contribution in [3.63, 3.8) is 0 Å². The lowest BCUT2D eigenvalue weighted by atomic mass is 10.2. The summed E-state index contributed by atoms with van der Waals surface area (Å²) in [7, 11) is -2.17. The summed E-state index contributed by atoms with van der Waals surface area (Å²) in [5.74, 6) is 0.332. The minimum Gasteiger partial charge on any atom is -0.495 e. The Morgan fingerprint density at radius 2 is 1.95 bits per heavy atom. The van der Waals surface area contributed by atoms with Crippen molar-refractivity contribution >= 4 is 10.0 Å². The van der Waals surface area contributed by atoms with E-state index in [1.807, 2.05) is 13.8 Å². The zero-order valence-electron chi connectivity index (χ0n) is 12.6. The second kappa shape index (κ2) is 6.31. The summed E-state index contributed by atoms with van der Waals surface area (Å²) < 4.78 is 38.0. The largest absolute Gasteiger partial charge is 0.495 e. The summed E-state index contributed by atoms with van der Waals surface area (Å²) >= 11 is 0. The van der Waals surface area contributed by atoms with Crippen molar-refractivity contribution in [1.82, 2.24) is 4.31 Å². The number of methoxy groups -OCH3 is 1. The molecule has 2 atom stereocenters. The summed E-state index contributed by atoms with van der Waals surface area (Å²) in [5.41, 5.74) is 6.36. The minimum atomic E-state index is -3.63. The van der Waals surface area contributed by atoms with Gasteiger partial charge in [-0.1, -0.05) is 6.07 Å². The third-order valence-electron chi connectivity index (χ3n) is 3.47. The Balaban J connectivity index is 2.43. The van der Waals surface area contributed by atoms with Gasteiger partial charge in [-0.3, -0.25) is 0 Å². The van der Waals surface area contributed by atoms with Crippen LogP contribution < -0.4 is 10.5 Å². The van der Waals surface area contributed by atoms with Crippen LogP contribution in [-0.4, -0.2) is 45.1 Å². The second-order valence-corrected chi connectivity index (χ2v) is 7.18. The van der Waals surface area contributed by atoms with Gasteiger partial charge in [0.15, 0.2) is 0 Å². The highest BCUT2D eigenvalue weighted by atomic mass is 32.2. The molecule has 0 aromatic heterocycles. The van der Waals surface area contributed by atoms with E-state index in [2.05, 4.69) is 0 Å². The predicted molar refractivity (Wildman–Crippen MR) is 79.7 cm³/mol. The van der Waals surface area contributed by atoms with Gasteiger partial charge in [0.1, 0.15) is 10.6 Å². The maximum Gasteiger partial charge on any atom is 0.246 e. The van der Waals surface area contributed by atoms with E-state index in [1.165, 1.54) is 11.4 Å². The van der Waals surface area contributed by atoms with Gasteiger partial charge in [0.05, 0.1) is 19.3 Å². The first-order chi connectivity index (χ1) is 9.88. The fourth-order valence-electron chi connectivity index (χ4n) is 2.52. The molecule has 0 saturated carbocycles. The van der Waals surface area contributed by atoms with E-state index in [9.17, 15) is 8.42 Å². The van der Waals surface area contributed by atoms with Crippen molar-refractivity contribution in [2.24, 2.45) is 5.73 Å². The molecule has 0 radical (unpaired) electrons. The van der Waals surface area contributed by atoms with Gasteiger partial charge in [-0.25, -0.2) is 8.42 Å². The Morgan fingerprint density at radius 3 is 2.48 bits per heavy atom. The average Bonchev–Trinajstić information content (AvgIpc) is 2.45. The monoisotopic (exact) mass is 314 g/mol. The van der Waals surface area contributed by atoms with Crippen LogP contribution in [0.1, 0.15) is 19.4 Å². The average molecular weight is 314 g/mol. The fourth-order valence-corrected chi connectivity index (χ4v) is 4.31. The number of sulfonamides is 1. The van der Waals surface area contributed by atoms with E-state index >= 15 is 0 Å². The summed E-state index contributed by atoms with van der Waals surface area (Å²) in [4.78, 5) is 0.161. The van der Waals surface area contributed by atoms with Gasteiger partial charge in [0, 0.05) is 19.6 Å². The molecule has 0 amide bonds. The standard InChI is InChI=1S/C14H22N2O4S/c1-10-8-16(9-11(2)20-10)21(17,18)14-6-12(7-15)4-5-13(14)19-3/h4-6,10-11H,7-9,15H2,1-3H3/t10-,11+. The van der Waals surface area contributed by atoms with E-state index in [4.69, 9.17) is 15.2 Å². The zero-order valence-corrected chi connectivity index (χ0v) is 13.4. The van der Waals surface area contributed by atoms with Crippen LogP contribution in [0.25, 0.3) is 0 Å². The molecule has 118 valence electrons. The van der Waals surface area contributed by atoms with Crippen molar-refractivity contribution in [1.29, 1.82) is 0 Å². The number of hydrogen-bond acceptors (Lipinski definition) is 5. The molecule has 1 saturated heterocycles. The van der Waals surface area contributed by atoms with E-state index < -0.39 is 10.0 Å². The second-order valence-electron chi connectivity index (χ2n) is 5.27. The van der Waals surface area contributed by atoms with Gasteiger partial charge in [0.2, 0.25) is 10.0 Å². The molecule has 0 bridgehead atoms. The van der Waals surface area contributed by atoms with Gasteiger partial charge >= 0.3 is 0 Å². The summed E-state index contributed by atoms with van der Waals surface area (Å²) in [6.07, 6.45) is -0.264. The first-order valence-corrected chi connectivity index (χ1v) is 8.35. The lowest BCUT2D eigenvalue weighted by molar-refractivity contribution is -0.0441. The van der Waals surface area contributed by atoms with Crippen LogP contribution in [0.5, 0.6) is 5.75 Å². The van der Waals surface area contributed by atoms with E-state index in [-0.39, 0.29) is 23.6 Å². The van der Waals surface area contributed by atoms with Crippen LogP contribution in [0.4, 0.5) is 0 Å². The van der Waals surface area contributed by atoms with Crippen LogP contribution in [0.15, 0.2) is 23.1 Å². The third kappa shape index (κ3) is 3.37. The normalized spacial score (nSPS) is 24.0. The molecule has 0 unspecified atom stereocenters. The quantitative estimate of drug-likeness (QED) is 0.895. The van der Waals surface area contributed by atoms with Gasteiger partial charge in [-0.05, 0) is 31.5 Å². The Labute approximate surface area is 125 Å². The number of ether oxygens (including phenoxy) is 2. The maximum absolute atomic E-state index is 12.9. The molecule has 0 aliphatic carbocycles. The lowest BCUT2D eigenvalue weighted by Gasteiger charge is -2.34. The molecule has 6 nitrogen and oxygen atoms in total. The molecule has 1 heterocycles. The predicted octanol–water partition coefficient (Wildman–Crippen LogP) is 0.952. The molecule has 1 fully saturated rings. The van der Waals surface area contributed by atoms with Crippen molar-refractivity contribution in [2.75, 3.05) is 20.2 Å². The Hall–Kier alpha value is -1.15. The molecule has 7 heteroatoms. The first-order valence-electron chi connectivity index (χ1n) is 6.91. The molecule has 21 heavy (non-hydrogen) atoms. The smallest absolute Gasteiger partial charge is 0.246 e. The molecule has 1 aromatic rings. The number of benzene rings is 1. The van der Waals surface area contributed by atoms with Gasteiger partial charge in [-0.2, -0.15) is 4.31 Å². The number of nitrogens with two attached hydrogens (primary N) is 1. The molecule has 2 rings (SSSR count). The van der Waals surface area contributed by atoms with E-state index in [1.54, 1.807) is 18.2 Å². The molecule has 0 spiro atoms. The van der Waals surface area contributed by atoms with Gasteiger partial charge < -0.3 is 15.2 Å². The van der Waals surface area contributed by atoms with Crippen molar-refractivity contribution in [2.45, 2.75) is 37.5 Å². The fraction of sp³-hybridized carbons (Fsp3) is 0.571. The van der Waals surface area contributed by atoms with Crippen molar-refractivity contribution < 1.29 is 17.9 Å². The lowest BCUT2D eigenvalue weighted by Crippen LogP contribution is -2.48. The molecule has 1 aliphatic heterocycles. The first kappa shape index (κ1) is 16.2. The van der Waals surface area contributed by atoms with E-state index in [0.29, 0.717) is 18.8 Å². The minimum absolute atomic E-state index is 0.132. The highest BCUT2D eigenvalue weighted by Crippen LogP contribution is 2.29. The van der Waals surface area contributed by atoms with Crippen LogP contribution in [0, 0.1) is 0 Å². The summed E-state index contributed by atoms with van der Waals surface area (Å²) in [5, 5.41) is 0. The van der Waals surface area contributed by atoms with Gasteiger partial charge in [0.25, 0.3) is 0 Å². The number of hydrogen-bond donors (Lipinski definition) is 1. The van der Waals surface area contributed by atoms with Crippen LogP contribution in [0.3, 0.4) is 0 Å². The summed E-state index contributed by atoms with van der Waals surface area (Å²) in [6, 6.07) is 4.99.